The smallest absolute Gasteiger partial charge is 0.354 e. The number of nitrogens with one attached hydrogen (secondary N) is 2. The van der Waals surface area contributed by atoms with Crippen LogP contribution in [-0.4, -0.2) is 42.8 Å². The predicted molar refractivity (Wildman–Crippen MR) is 140 cm³/mol. The lowest BCUT2D eigenvalue weighted by Crippen LogP contribution is -2.18. The number of carbonyl (C=O) groups excluding carboxylic acids is 2. The van der Waals surface area contributed by atoms with E-state index in [4.69, 9.17) is 0 Å². The Morgan fingerprint density at radius 2 is 1.82 bits per heavy atom. The summed E-state index contributed by atoms with van der Waals surface area (Å²) in [5, 5.41) is 5.05. The number of nitrogens with zero attached hydrogens (tertiary/aromatic N) is 5. The molecule has 200 valence electrons. The number of aryl methyl sites for hydroxylation is 1. The van der Waals surface area contributed by atoms with Crippen LogP contribution in [0.4, 0.5) is 18.9 Å². The van der Waals surface area contributed by atoms with E-state index in [9.17, 15) is 22.8 Å². The number of hydrogen-bond acceptors (Lipinski definition) is 5. The molecule has 0 spiro atoms. The number of imidazole rings is 2. The van der Waals surface area contributed by atoms with Crippen molar-refractivity contribution in [3.8, 4) is 17.5 Å². The largest absolute Gasteiger partial charge is 0.416 e. The van der Waals surface area contributed by atoms with E-state index in [2.05, 4.69) is 37.4 Å². The molecule has 0 atom stereocenters. The van der Waals surface area contributed by atoms with Gasteiger partial charge in [0.2, 0.25) is 0 Å². The Hall–Kier alpha value is -5.44. The fourth-order valence-electron chi connectivity index (χ4n) is 3.87. The molecule has 0 aliphatic rings. The van der Waals surface area contributed by atoms with Gasteiger partial charge in [0.15, 0.2) is 5.65 Å². The second-order valence-electron chi connectivity index (χ2n) is 8.69. The van der Waals surface area contributed by atoms with Crippen molar-refractivity contribution >= 4 is 23.1 Å². The highest BCUT2D eigenvalue weighted by Gasteiger charge is 2.32. The second kappa shape index (κ2) is 10.4. The van der Waals surface area contributed by atoms with Crippen molar-refractivity contribution in [2.45, 2.75) is 13.1 Å². The number of amides is 2. The van der Waals surface area contributed by atoms with Gasteiger partial charge in [-0.15, -0.1) is 0 Å². The van der Waals surface area contributed by atoms with Gasteiger partial charge in [-0.25, -0.2) is 9.97 Å². The van der Waals surface area contributed by atoms with E-state index >= 15 is 0 Å². The first-order valence-corrected chi connectivity index (χ1v) is 11.8. The van der Waals surface area contributed by atoms with Gasteiger partial charge in [0.05, 0.1) is 18.0 Å². The lowest BCUT2D eigenvalue weighted by atomic mass is 10.1. The van der Waals surface area contributed by atoms with Gasteiger partial charge in [-0.1, -0.05) is 12.0 Å². The van der Waals surface area contributed by atoms with E-state index in [1.165, 1.54) is 30.2 Å². The maximum atomic E-state index is 13.7. The van der Waals surface area contributed by atoms with Gasteiger partial charge < -0.3 is 15.2 Å². The molecule has 3 aromatic heterocycles. The quantitative estimate of drug-likeness (QED) is 0.330. The first-order valence-electron chi connectivity index (χ1n) is 11.8. The van der Waals surface area contributed by atoms with Crippen molar-refractivity contribution in [3.05, 3.63) is 107 Å². The fraction of sp³-hybridized carbons (Fsp3) is 0.107. The Kier molecular flexibility index (Phi) is 6.79. The molecule has 40 heavy (non-hydrogen) atoms. The zero-order valence-corrected chi connectivity index (χ0v) is 21.1. The number of halogens is 3. The number of hydrogen-bond donors (Lipinski definition) is 2. The molecule has 5 aromatic rings. The van der Waals surface area contributed by atoms with Crippen LogP contribution < -0.4 is 10.6 Å². The van der Waals surface area contributed by atoms with Crippen molar-refractivity contribution in [2.24, 2.45) is 0 Å². The van der Waals surface area contributed by atoms with Crippen LogP contribution in [0.5, 0.6) is 0 Å². The van der Waals surface area contributed by atoms with E-state index in [1.54, 1.807) is 47.4 Å². The summed E-state index contributed by atoms with van der Waals surface area (Å²) in [5.41, 5.74) is 1.87. The third-order valence-electron chi connectivity index (χ3n) is 5.99. The van der Waals surface area contributed by atoms with Gasteiger partial charge in [-0.2, -0.15) is 13.2 Å². The highest BCUT2D eigenvalue weighted by molar-refractivity contribution is 6.05. The van der Waals surface area contributed by atoms with Gasteiger partial charge >= 0.3 is 6.18 Å². The van der Waals surface area contributed by atoms with E-state index < -0.39 is 23.6 Å². The third kappa shape index (κ3) is 5.39. The Labute approximate surface area is 225 Å². The number of rotatable bonds is 4. The minimum Gasteiger partial charge on any atom is -0.354 e. The van der Waals surface area contributed by atoms with E-state index in [1.807, 2.05) is 6.92 Å². The molecule has 0 bridgehead atoms. The molecule has 12 heteroatoms. The van der Waals surface area contributed by atoms with Crippen LogP contribution in [0.1, 0.15) is 43.2 Å². The van der Waals surface area contributed by atoms with Gasteiger partial charge in [-0.05, 0) is 48.7 Å². The average molecular weight is 544 g/mol. The summed E-state index contributed by atoms with van der Waals surface area (Å²) in [4.78, 5) is 37.1. The zero-order valence-electron chi connectivity index (χ0n) is 21.1. The molecule has 3 heterocycles. The summed E-state index contributed by atoms with van der Waals surface area (Å²) in [6.45, 7) is 1.85. The fourth-order valence-corrected chi connectivity index (χ4v) is 3.87. The molecular formula is C28H20F3N7O2. The Morgan fingerprint density at radius 3 is 2.60 bits per heavy atom. The van der Waals surface area contributed by atoms with Crippen LogP contribution >= 0.6 is 0 Å². The molecule has 0 saturated heterocycles. The lowest BCUT2D eigenvalue weighted by Gasteiger charge is -2.13. The molecule has 0 aliphatic heterocycles. The van der Waals surface area contributed by atoms with E-state index in [-0.39, 0.29) is 16.9 Å². The second-order valence-corrected chi connectivity index (χ2v) is 8.69. The van der Waals surface area contributed by atoms with Crippen molar-refractivity contribution in [3.63, 3.8) is 0 Å². The molecule has 2 N–H and O–H groups in total. The SMILES string of the molecule is CNC(=O)c1cn(-c2cc(C(=O)Nc3ccc(C)c(C#Cc4cnc5cnccn45)c3)cc(C(F)(F)F)c2)cn1. The maximum Gasteiger partial charge on any atom is 0.416 e. The Morgan fingerprint density at radius 1 is 1.00 bits per heavy atom. The molecule has 0 fully saturated rings. The van der Waals surface area contributed by atoms with E-state index in [0.717, 1.165) is 17.7 Å². The topological polar surface area (TPSA) is 106 Å². The molecule has 2 amide bonds. The molecule has 0 aliphatic carbocycles. The summed E-state index contributed by atoms with van der Waals surface area (Å²) in [6, 6.07) is 7.96. The number of carbonyl (C=O) groups is 2. The van der Waals surface area contributed by atoms with Crippen LogP contribution in [-0.2, 0) is 6.18 Å². The van der Waals surface area contributed by atoms with Gasteiger partial charge in [0.25, 0.3) is 11.8 Å². The number of alkyl halides is 3. The molecule has 2 aromatic carbocycles. The first kappa shape index (κ1) is 26.2. The van der Waals surface area contributed by atoms with Crippen molar-refractivity contribution in [1.82, 2.24) is 29.2 Å². The summed E-state index contributed by atoms with van der Waals surface area (Å²) in [7, 11) is 1.41. The molecule has 0 saturated carbocycles. The predicted octanol–water partition coefficient (Wildman–Crippen LogP) is 4.25. The average Bonchev–Trinajstić information content (AvgIpc) is 3.60. The number of aromatic nitrogens is 5. The van der Waals surface area contributed by atoms with E-state index in [0.29, 0.717) is 22.6 Å². The minimum atomic E-state index is -4.71. The monoisotopic (exact) mass is 543 g/mol. The zero-order chi connectivity index (χ0) is 28.4. The van der Waals surface area contributed by atoms with Crippen LogP contribution in [0.3, 0.4) is 0 Å². The van der Waals surface area contributed by atoms with Crippen molar-refractivity contribution in [2.75, 3.05) is 12.4 Å². The number of fused-ring (bicyclic) bond motifs is 1. The third-order valence-corrected chi connectivity index (χ3v) is 5.99. The molecule has 0 unspecified atom stereocenters. The molecular weight excluding hydrogens is 523 g/mol. The highest BCUT2D eigenvalue weighted by Crippen LogP contribution is 2.32. The molecule has 9 nitrogen and oxygen atoms in total. The lowest BCUT2D eigenvalue weighted by molar-refractivity contribution is -0.137. The van der Waals surface area contributed by atoms with Gasteiger partial charge in [0.1, 0.15) is 17.7 Å². The number of benzene rings is 2. The number of anilines is 1. The summed E-state index contributed by atoms with van der Waals surface area (Å²) in [6.07, 6.45) is 4.36. The summed E-state index contributed by atoms with van der Waals surface area (Å²) >= 11 is 0. The minimum absolute atomic E-state index is 0.0137. The van der Waals surface area contributed by atoms with Crippen LogP contribution in [0.15, 0.2) is 73.7 Å². The van der Waals surface area contributed by atoms with Gasteiger partial charge in [0, 0.05) is 48.1 Å². The van der Waals surface area contributed by atoms with Crippen LogP contribution in [0.25, 0.3) is 11.3 Å². The highest BCUT2D eigenvalue weighted by atomic mass is 19.4. The summed E-state index contributed by atoms with van der Waals surface area (Å²) < 4.78 is 44.1. The normalized spacial score (nSPS) is 11.1. The Bertz CT molecular complexity index is 1830. The molecule has 0 radical (unpaired) electrons. The van der Waals surface area contributed by atoms with Crippen molar-refractivity contribution < 1.29 is 22.8 Å². The molecule has 5 rings (SSSR count). The standard InChI is InChI=1S/C28H20F3N7O2/c1-17-3-5-21(10-18(17)4-6-22-13-34-25-14-33-7-8-38(22)25)36-26(39)19-9-20(28(29,30)31)12-23(11-19)37-15-24(35-16-37)27(40)32-2/h3,5,7-16H,1-2H3,(H,32,40)(H,36,39). The summed E-state index contributed by atoms with van der Waals surface area (Å²) in [5.74, 6) is 4.86. The van der Waals surface area contributed by atoms with Crippen molar-refractivity contribution in [1.29, 1.82) is 0 Å². The van der Waals surface area contributed by atoms with Crippen LogP contribution in [0, 0.1) is 18.8 Å². The Balaban J connectivity index is 1.44. The van der Waals surface area contributed by atoms with Crippen LogP contribution in [0.2, 0.25) is 0 Å². The van der Waals surface area contributed by atoms with Gasteiger partial charge in [-0.3, -0.25) is 19.0 Å². The first-order chi connectivity index (χ1) is 19.1. The maximum absolute atomic E-state index is 13.7.